The van der Waals surface area contributed by atoms with Crippen molar-refractivity contribution in [3.8, 4) is 6.07 Å². The molecule has 20 heavy (non-hydrogen) atoms. The molecule has 0 radical (unpaired) electrons. The minimum Gasteiger partial charge on any atom is -0.302 e. The molecule has 116 valence electrons. The first-order valence-electron chi connectivity index (χ1n) is 8.06. The van der Waals surface area contributed by atoms with Crippen LogP contribution in [-0.4, -0.2) is 60.6 Å². The summed E-state index contributed by atoms with van der Waals surface area (Å²) in [7, 11) is 2.20. The first-order chi connectivity index (χ1) is 9.45. The maximum absolute atomic E-state index is 9.37. The Morgan fingerprint density at radius 1 is 1.50 bits per heavy atom. The number of nitrogens with one attached hydrogen (secondary N) is 1. The lowest BCUT2D eigenvalue weighted by atomic mass is 9.94. The summed E-state index contributed by atoms with van der Waals surface area (Å²) in [4.78, 5) is 5.00. The molecule has 0 saturated carbocycles. The molecule has 1 N–H and O–H groups in total. The summed E-state index contributed by atoms with van der Waals surface area (Å²) in [5, 5.41) is 12.7. The van der Waals surface area contributed by atoms with Crippen LogP contribution in [0.5, 0.6) is 0 Å². The normalized spacial score (nSPS) is 24.6. The molecule has 1 saturated heterocycles. The van der Waals surface area contributed by atoms with Gasteiger partial charge in [-0.15, -0.1) is 0 Å². The monoisotopic (exact) mass is 280 g/mol. The summed E-state index contributed by atoms with van der Waals surface area (Å²) in [6, 6.07) is 3.54. The Bertz CT molecular complexity index is 325. The molecule has 0 aromatic carbocycles. The Kier molecular flexibility index (Phi) is 6.94. The number of likely N-dealkylation sites (N-methyl/N-ethyl adjacent to an activating group) is 2. The number of likely N-dealkylation sites (tertiary alicyclic amines) is 1. The van der Waals surface area contributed by atoms with E-state index in [2.05, 4.69) is 49.0 Å². The molecule has 1 fully saturated rings. The van der Waals surface area contributed by atoms with E-state index in [1.54, 1.807) is 0 Å². The van der Waals surface area contributed by atoms with Crippen molar-refractivity contribution >= 4 is 0 Å². The minimum atomic E-state index is -0.414. The molecule has 0 spiro atoms. The highest BCUT2D eigenvalue weighted by Gasteiger charge is 2.29. The van der Waals surface area contributed by atoms with Gasteiger partial charge in [0.15, 0.2) is 0 Å². The van der Waals surface area contributed by atoms with Crippen molar-refractivity contribution in [2.75, 3.05) is 33.2 Å². The van der Waals surface area contributed by atoms with Crippen molar-refractivity contribution in [1.29, 1.82) is 5.26 Å². The molecule has 3 unspecified atom stereocenters. The zero-order chi connectivity index (χ0) is 15.2. The third-order valence-electron chi connectivity index (χ3n) is 4.67. The van der Waals surface area contributed by atoms with Gasteiger partial charge in [0.2, 0.25) is 0 Å². The molecule has 4 heteroatoms. The zero-order valence-electron chi connectivity index (χ0n) is 13.9. The largest absolute Gasteiger partial charge is 0.302 e. The summed E-state index contributed by atoms with van der Waals surface area (Å²) in [6.07, 6.45) is 3.51. The van der Waals surface area contributed by atoms with Gasteiger partial charge in [-0.05, 0) is 59.8 Å². The lowest BCUT2D eigenvalue weighted by molar-refractivity contribution is 0.153. The summed E-state index contributed by atoms with van der Waals surface area (Å²) < 4.78 is 0. The molecule has 1 aliphatic heterocycles. The van der Waals surface area contributed by atoms with E-state index in [0.717, 1.165) is 26.1 Å². The van der Waals surface area contributed by atoms with Crippen LogP contribution in [0.3, 0.4) is 0 Å². The predicted molar refractivity (Wildman–Crippen MR) is 84.7 cm³/mol. The van der Waals surface area contributed by atoms with Gasteiger partial charge in [0.25, 0.3) is 0 Å². The van der Waals surface area contributed by atoms with Crippen molar-refractivity contribution in [3.63, 3.8) is 0 Å². The molecule has 0 aromatic heterocycles. The van der Waals surface area contributed by atoms with Gasteiger partial charge in [-0.2, -0.15) is 5.26 Å². The van der Waals surface area contributed by atoms with Crippen molar-refractivity contribution in [2.45, 2.75) is 64.6 Å². The Balaban J connectivity index is 2.50. The fourth-order valence-corrected chi connectivity index (χ4v) is 3.32. The van der Waals surface area contributed by atoms with Crippen molar-refractivity contribution in [1.82, 2.24) is 15.1 Å². The van der Waals surface area contributed by atoms with Gasteiger partial charge >= 0.3 is 0 Å². The average Bonchev–Trinajstić information content (AvgIpc) is 2.86. The van der Waals surface area contributed by atoms with E-state index in [9.17, 15) is 5.26 Å². The number of hydrogen-bond donors (Lipinski definition) is 1. The summed E-state index contributed by atoms with van der Waals surface area (Å²) in [5.74, 6) is 0. The summed E-state index contributed by atoms with van der Waals surface area (Å²) in [6.45, 7) is 12.9. The third-order valence-corrected chi connectivity index (χ3v) is 4.67. The van der Waals surface area contributed by atoms with E-state index < -0.39 is 5.54 Å². The maximum atomic E-state index is 9.37. The molecule has 4 nitrogen and oxygen atoms in total. The Morgan fingerprint density at radius 3 is 2.75 bits per heavy atom. The quantitative estimate of drug-likeness (QED) is 0.739. The molecule has 0 amide bonds. The van der Waals surface area contributed by atoms with Crippen molar-refractivity contribution < 1.29 is 0 Å². The number of rotatable bonds is 8. The van der Waals surface area contributed by atoms with Crippen LogP contribution >= 0.6 is 0 Å². The van der Waals surface area contributed by atoms with Gasteiger partial charge in [-0.1, -0.05) is 13.8 Å². The summed E-state index contributed by atoms with van der Waals surface area (Å²) in [5.41, 5.74) is -0.414. The number of nitrogens with zero attached hydrogens (tertiary/aromatic N) is 3. The molecule has 3 atom stereocenters. The molecule has 1 heterocycles. The Labute approximate surface area is 125 Å². The van der Waals surface area contributed by atoms with Crippen LogP contribution in [0.25, 0.3) is 0 Å². The molecule has 1 rings (SSSR count). The highest BCUT2D eigenvalue weighted by molar-refractivity contribution is 5.05. The average molecular weight is 280 g/mol. The molecular weight excluding hydrogens is 248 g/mol. The van der Waals surface area contributed by atoms with E-state index in [-0.39, 0.29) is 0 Å². The fourth-order valence-electron chi connectivity index (χ4n) is 3.32. The molecule has 0 aromatic rings. The topological polar surface area (TPSA) is 42.3 Å². The Hall–Kier alpha value is -0.630. The van der Waals surface area contributed by atoms with E-state index in [1.165, 1.54) is 19.4 Å². The van der Waals surface area contributed by atoms with E-state index in [4.69, 9.17) is 0 Å². The van der Waals surface area contributed by atoms with Gasteiger partial charge in [-0.25, -0.2) is 0 Å². The standard InChI is InChI=1S/C16H32N4/c1-6-18-16(4,13-17)11-14(3)19(5)12-15-9-8-10-20(15)7-2/h14-15,18H,6-12H2,1-5H3. The van der Waals surface area contributed by atoms with E-state index in [1.807, 2.05) is 6.92 Å². The van der Waals surface area contributed by atoms with Gasteiger partial charge in [0.1, 0.15) is 5.54 Å². The second-order valence-corrected chi connectivity index (χ2v) is 6.39. The van der Waals surface area contributed by atoms with Crippen molar-refractivity contribution in [2.24, 2.45) is 0 Å². The maximum Gasteiger partial charge on any atom is 0.105 e. The highest BCUT2D eigenvalue weighted by atomic mass is 15.2. The first-order valence-corrected chi connectivity index (χ1v) is 8.06. The summed E-state index contributed by atoms with van der Waals surface area (Å²) >= 11 is 0. The van der Waals surface area contributed by atoms with Crippen LogP contribution in [-0.2, 0) is 0 Å². The second kappa shape index (κ2) is 7.97. The molecule has 1 aliphatic rings. The minimum absolute atomic E-state index is 0.414. The van der Waals surface area contributed by atoms with Crippen LogP contribution in [0.1, 0.15) is 47.0 Å². The van der Waals surface area contributed by atoms with Crippen molar-refractivity contribution in [3.05, 3.63) is 0 Å². The number of nitriles is 1. The van der Waals surface area contributed by atoms with Crippen LogP contribution in [0.2, 0.25) is 0 Å². The number of hydrogen-bond acceptors (Lipinski definition) is 4. The van der Waals surface area contributed by atoms with Gasteiger partial charge in [0, 0.05) is 18.6 Å². The Morgan fingerprint density at radius 2 is 2.20 bits per heavy atom. The lowest BCUT2D eigenvalue weighted by Gasteiger charge is -2.34. The van der Waals surface area contributed by atoms with Gasteiger partial charge in [0.05, 0.1) is 6.07 Å². The molecular formula is C16H32N4. The first kappa shape index (κ1) is 17.4. The van der Waals surface area contributed by atoms with E-state index in [0.29, 0.717) is 12.1 Å². The van der Waals surface area contributed by atoms with Gasteiger partial charge in [-0.3, -0.25) is 10.2 Å². The third kappa shape index (κ3) is 4.73. The smallest absolute Gasteiger partial charge is 0.105 e. The zero-order valence-corrected chi connectivity index (χ0v) is 13.9. The SMILES string of the molecule is CCNC(C)(C#N)CC(C)N(C)CC1CCCN1CC. The lowest BCUT2D eigenvalue weighted by Crippen LogP contribution is -2.48. The van der Waals surface area contributed by atoms with Crippen LogP contribution in [0, 0.1) is 11.3 Å². The molecule has 0 bridgehead atoms. The fraction of sp³-hybridized carbons (Fsp3) is 0.938. The van der Waals surface area contributed by atoms with E-state index >= 15 is 0 Å². The second-order valence-electron chi connectivity index (χ2n) is 6.39. The van der Waals surface area contributed by atoms with Crippen LogP contribution < -0.4 is 5.32 Å². The predicted octanol–water partition coefficient (Wildman–Crippen LogP) is 2.07. The van der Waals surface area contributed by atoms with Crippen LogP contribution in [0.15, 0.2) is 0 Å². The van der Waals surface area contributed by atoms with Gasteiger partial charge < -0.3 is 4.90 Å². The highest BCUT2D eigenvalue weighted by Crippen LogP contribution is 2.20. The van der Waals surface area contributed by atoms with Crippen LogP contribution in [0.4, 0.5) is 0 Å². The molecule has 0 aliphatic carbocycles.